The van der Waals surface area contributed by atoms with Crippen LogP contribution in [0.5, 0.6) is 11.5 Å². The standard InChI is InChI=1S/C12H8O2/c13-7-5-10-8-3-1-2-4-9(8)12(10)11(14)6-7/h1-6,13-14H. The van der Waals surface area contributed by atoms with Gasteiger partial charge in [0.2, 0.25) is 0 Å². The Labute approximate surface area is 81.1 Å². The lowest BCUT2D eigenvalue weighted by molar-refractivity contribution is 0.452. The SMILES string of the molecule is Oc1cc(O)c2c(c1)-c1ccccc1-2. The van der Waals surface area contributed by atoms with Crippen LogP contribution >= 0.6 is 0 Å². The first-order chi connectivity index (χ1) is 6.77. The molecule has 0 bridgehead atoms. The van der Waals surface area contributed by atoms with Crippen LogP contribution in [-0.4, -0.2) is 10.2 Å². The normalized spacial score (nSPS) is 11.4. The third-order valence-corrected chi connectivity index (χ3v) is 2.59. The predicted molar refractivity (Wildman–Crippen MR) is 54.2 cm³/mol. The number of aromatic hydroxyl groups is 2. The second kappa shape index (κ2) is 2.29. The molecule has 0 aromatic heterocycles. The van der Waals surface area contributed by atoms with E-state index in [0.717, 1.165) is 22.3 Å². The van der Waals surface area contributed by atoms with E-state index in [9.17, 15) is 10.2 Å². The van der Waals surface area contributed by atoms with Gasteiger partial charge >= 0.3 is 0 Å². The van der Waals surface area contributed by atoms with Crippen molar-refractivity contribution in [1.29, 1.82) is 0 Å². The molecule has 2 N–H and O–H groups in total. The Morgan fingerprint density at radius 1 is 0.786 bits per heavy atom. The number of fused-ring (bicyclic) bond motifs is 4. The fraction of sp³-hybridized carbons (Fsp3) is 0. The van der Waals surface area contributed by atoms with Crippen molar-refractivity contribution in [2.24, 2.45) is 0 Å². The van der Waals surface area contributed by atoms with Gasteiger partial charge in [-0.3, -0.25) is 0 Å². The van der Waals surface area contributed by atoms with Gasteiger partial charge < -0.3 is 10.2 Å². The lowest BCUT2D eigenvalue weighted by atomic mass is 9.80. The minimum Gasteiger partial charge on any atom is -0.508 e. The Morgan fingerprint density at radius 2 is 1.50 bits per heavy atom. The van der Waals surface area contributed by atoms with Crippen molar-refractivity contribution in [3.05, 3.63) is 36.4 Å². The summed E-state index contributed by atoms with van der Waals surface area (Å²) < 4.78 is 0. The van der Waals surface area contributed by atoms with Crippen molar-refractivity contribution in [3.63, 3.8) is 0 Å². The summed E-state index contributed by atoms with van der Waals surface area (Å²) in [6.07, 6.45) is 0. The molecule has 2 heteroatoms. The van der Waals surface area contributed by atoms with E-state index >= 15 is 0 Å². The van der Waals surface area contributed by atoms with Crippen molar-refractivity contribution in [2.45, 2.75) is 0 Å². The smallest absolute Gasteiger partial charge is 0.127 e. The molecule has 2 aromatic carbocycles. The zero-order valence-corrected chi connectivity index (χ0v) is 7.36. The van der Waals surface area contributed by atoms with Crippen LogP contribution in [0, 0.1) is 0 Å². The van der Waals surface area contributed by atoms with Crippen molar-refractivity contribution in [2.75, 3.05) is 0 Å². The average Bonchev–Trinajstić information content (AvgIpc) is 2.14. The molecule has 0 saturated heterocycles. The van der Waals surface area contributed by atoms with Gasteiger partial charge in [0, 0.05) is 11.6 Å². The van der Waals surface area contributed by atoms with Gasteiger partial charge in [-0.05, 0) is 22.8 Å². The number of phenolic OH excluding ortho intramolecular Hbond substituents is 2. The number of hydrogen-bond donors (Lipinski definition) is 2. The molecule has 1 aliphatic rings. The van der Waals surface area contributed by atoms with Crippen molar-refractivity contribution in [1.82, 2.24) is 0 Å². The largest absolute Gasteiger partial charge is 0.508 e. The van der Waals surface area contributed by atoms with Crippen molar-refractivity contribution < 1.29 is 10.2 Å². The van der Waals surface area contributed by atoms with Gasteiger partial charge in [-0.1, -0.05) is 24.3 Å². The second-order valence-corrected chi connectivity index (χ2v) is 3.43. The predicted octanol–water partition coefficient (Wildman–Crippen LogP) is 2.75. The molecule has 0 saturated carbocycles. The van der Waals surface area contributed by atoms with Crippen LogP contribution in [0.4, 0.5) is 0 Å². The van der Waals surface area contributed by atoms with Gasteiger partial charge in [-0.15, -0.1) is 0 Å². The molecule has 0 unspecified atom stereocenters. The number of phenols is 2. The first kappa shape index (κ1) is 7.44. The first-order valence-corrected chi connectivity index (χ1v) is 4.43. The summed E-state index contributed by atoms with van der Waals surface area (Å²) >= 11 is 0. The summed E-state index contributed by atoms with van der Waals surface area (Å²) in [5.74, 6) is 0.259. The summed E-state index contributed by atoms with van der Waals surface area (Å²) in [6, 6.07) is 10.9. The van der Waals surface area contributed by atoms with Crippen LogP contribution in [0.3, 0.4) is 0 Å². The Morgan fingerprint density at radius 3 is 2.29 bits per heavy atom. The molecule has 14 heavy (non-hydrogen) atoms. The van der Waals surface area contributed by atoms with E-state index in [4.69, 9.17) is 0 Å². The van der Waals surface area contributed by atoms with Crippen LogP contribution in [0.2, 0.25) is 0 Å². The Bertz CT molecular complexity index is 530. The molecule has 0 amide bonds. The molecule has 0 spiro atoms. The van der Waals surface area contributed by atoms with Crippen LogP contribution in [0.1, 0.15) is 0 Å². The Kier molecular flexibility index (Phi) is 1.22. The average molecular weight is 184 g/mol. The van der Waals surface area contributed by atoms with Gasteiger partial charge in [0.15, 0.2) is 0 Å². The molecule has 0 atom stereocenters. The van der Waals surface area contributed by atoms with Crippen LogP contribution in [-0.2, 0) is 0 Å². The highest BCUT2D eigenvalue weighted by Gasteiger charge is 2.25. The molecule has 0 aliphatic heterocycles. The maximum Gasteiger partial charge on any atom is 0.127 e. The van der Waals surface area contributed by atoms with Gasteiger partial charge in [0.05, 0.1) is 0 Å². The summed E-state index contributed by atoms with van der Waals surface area (Å²) in [4.78, 5) is 0. The number of hydrogen-bond acceptors (Lipinski definition) is 2. The van der Waals surface area contributed by atoms with Gasteiger partial charge in [-0.2, -0.15) is 0 Å². The third kappa shape index (κ3) is 0.752. The Balaban J connectivity index is 2.33. The molecule has 1 aliphatic carbocycles. The maximum atomic E-state index is 9.62. The van der Waals surface area contributed by atoms with E-state index < -0.39 is 0 Å². The van der Waals surface area contributed by atoms with Crippen LogP contribution in [0.25, 0.3) is 22.3 Å². The van der Waals surface area contributed by atoms with E-state index in [0.29, 0.717) is 0 Å². The van der Waals surface area contributed by atoms with E-state index in [1.165, 1.54) is 6.07 Å². The highest BCUT2D eigenvalue weighted by Crippen LogP contribution is 2.52. The third-order valence-electron chi connectivity index (χ3n) is 2.59. The Hall–Kier alpha value is -1.96. The van der Waals surface area contributed by atoms with Gasteiger partial charge in [-0.25, -0.2) is 0 Å². The van der Waals surface area contributed by atoms with Crippen LogP contribution in [0.15, 0.2) is 36.4 Å². The summed E-state index contributed by atoms with van der Waals surface area (Å²) in [7, 11) is 0. The molecular formula is C12H8O2. The lowest BCUT2D eigenvalue weighted by Crippen LogP contribution is -1.97. The highest BCUT2D eigenvalue weighted by molar-refractivity contribution is 6.05. The van der Waals surface area contributed by atoms with Gasteiger partial charge in [0.1, 0.15) is 11.5 Å². The quantitative estimate of drug-likeness (QED) is 0.564. The zero-order chi connectivity index (χ0) is 9.71. The van der Waals surface area contributed by atoms with Crippen molar-refractivity contribution >= 4 is 0 Å². The number of rotatable bonds is 0. The van der Waals surface area contributed by atoms with Gasteiger partial charge in [0.25, 0.3) is 0 Å². The van der Waals surface area contributed by atoms with E-state index in [1.807, 2.05) is 24.3 Å². The number of benzene rings is 2. The fourth-order valence-corrected chi connectivity index (χ4v) is 1.98. The summed E-state index contributed by atoms with van der Waals surface area (Å²) in [5, 5.41) is 18.9. The molecule has 3 rings (SSSR count). The lowest BCUT2D eigenvalue weighted by Gasteiger charge is -2.24. The molecule has 0 fully saturated rings. The molecular weight excluding hydrogens is 176 g/mol. The molecule has 2 aromatic rings. The van der Waals surface area contributed by atoms with Crippen molar-refractivity contribution in [3.8, 4) is 33.8 Å². The van der Waals surface area contributed by atoms with E-state index in [1.54, 1.807) is 6.07 Å². The minimum atomic E-state index is 0.107. The monoisotopic (exact) mass is 184 g/mol. The zero-order valence-electron chi connectivity index (χ0n) is 7.36. The fourth-order valence-electron chi connectivity index (χ4n) is 1.98. The van der Waals surface area contributed by atoms with E-state index in [2.05, 4.69) is 0 Å². The summed E-state index contributed by atoms with van der Waals surface area (Å²) in [5.41, 5.74) is 3.92. The molecule has 0 radical (unpaired) electrons. The first-order valence-electron chi connectivity index (χ1n) is 4.43. The minimum absolute atomic E-state index is 0.107. The second-order valence-electron chi connectivity index (χ2n) is 3.43. The molecule has 2 nitrogen and oxygen atoms in total. The molecule has 0 heterocycles. The molecule has 68 valence electrons. The van der Waals surface area contributed by atoms with Crippen LogP contribution < -0.4 is 0 Å². The highest BCUT2D eigenvalue weighted by atomic mass is 16.3. The van der Waals surface area contributed by atoms with E-state index in [-0.39, 0.29) is 11.5 Å². The maximum absolute atomic E-state index is 9.62. The summed E-state index contributed by atoms with van der Waals surface area (Å²) in [6.45, 7) is 0. The topological polar surface area (TPSA) is 40.5 Å².